The van der Waals surface area contributed by atoms with Gasteiger partial charge in [0.1, 0.15) is 5.82 Å². The number of nitrogens with one attached hydrogen (secondary N) is 2. The summed E-state index contributed by atoms with van der Waals surface area (Å²) in [4.78, 5) is 14.1. The van der Waals surface area contributed by atoms with Gasteiger partial charge >= 0.3 is 0 Å². The lowest BCUT2D eigenvalue weighted by molar-refractivity contribution is 0.102. The summed E-state index contributed by atoms with van der Waals surface area (Å²) in [5, 5.41) is 10.3. The molecule has 0 bridgehead atoms. The van der Waals surface area contributed by atoms with Crippen LogP contribution in [0.15, 0.2) is 24.4 Å². The monoisotopic (exact) mass is 276 g/mol. The highest BCUT2D eigenvalue weighted by Crippen LogP contribution is 2.29. The molecule has 100 valence electrons. The molecule has 1 aliphatic rings. The number of hydrogen-bond acceptors (Lipinski definition) is 4. The van der Waals surface area contributed by atoms with E-state index in [1.807, 2.05) is 12.1 Å². The van der Waals surface area contributed by atoms with E-state index in [0.29, 0.717) is 11.9 Å². The van der Waals surface area contributed by atoms with Gasteiger partial charge in [0.2, 0.25) is 0 Å². The van der Waals surface area contributed by atoms with Crippen LogP contribution in [0.5, 0.6) is 0 Å². The topological polar surface area (TPSA) is 59.0 Å². The standard InChI is InChI=1S/C13H16N4OS/c1-17-12(6-8-15-17)16-13(18)11-5-4-10(19-11)9-3-2-7-14-9/h4-6,8-9,14H,2-3,7H2,1H3,(H,16,18)/t9-/m1/s1. The third kappa shape index (κ3) is 2.54. The number of aryl methyl sites for hydroxylation is 1. The highest BCUT2D eigenvalue weighted by atomic mass is 32.1. The third-order valence-corrected chi connectivity index (χ3v) is 4.51. The van der Waals surface area contributed by atoms with Crippen LogP contribution in [0, 0.1) is 0 Å². The van der Waals surface area contributed by atoms with E-state index in [1.165, 1.54) is 11.3 Å². The maximum absolute atomic E-state index is 12.1. The summed E-state index contributed by atoms with van der Waals surface area (Å²) >= 11 is 1.56. The van der Waals surface area contributed by atoms with Crippen molar-refractivity contribution in [2.45, 2.75) is 18.9 Å². The molecule has 0 aliphatic carbocycles. The molecule has 1 atom stereocenters. The Hall–Kier alpha value is -1.66. The fourth-order valence-corrected chi connectivity index (χ4v) is 3.28. The van der Waals surface area contributed by atoms with Gasteiger partial charge in [-0.1, -0.05) is 0 Å². The number of carbonyl (C=O) groups excluding carboxylic acids is 1. The lowest BCUT2D eigenvalue weighted by Crippen LogP contribution is -2.13. The molecule has 1 fully saturated rings. The van der Waals surface area contributed by atoms with Crippen LogP contribution in [0.25, 0.3) is 0 Å². The van der Waals surface area contributed by atoms with Gasteiger partial charge in [0, 0.05) is 24.0 Å². The van der Waals surface area contributed by atoms with Crippen molar-refractivity contribution in [1.82, 2.24) is 15.1 Å². The van der Waals surface area contributed by atoms with Gasteiger partial charge < -0.3 is 10.6 Å². The van der Waals surface area contributed by atoms with Gasteiger partial charge in [-0.3, -0.25) is 9.48 Å². The van der Waals surface area contributed by atoms with Crippen molar-refractivity contribution in [2.75, 3.05) is 11.9 Å². The van der Waals surface area contributed by atoms with Crippen LogP contribution in [0.4, 0.5) is 5.82 Å². The zero-order valence-corrected chi connectivity index (χ0v) is 11.5. The van der Waals surface area contributed by atoms with Crippen molar-refractivity contribution in [3.8, 4) is 0 Å². The molecule has 0 unspecified atom stereocenters. The maximum Gasteiger partial charge on any atom is 0.266 e. The lowest BCUT2D eigenvalue weighted by atomic mass is 10.2. The summed E-state index contributed by atoms with van der Waals surface area (Å²) in [6.07, 6.45) is 4.03. The molecule has 0 spiro atoms. The summed E-state index contributed by atoms with van der Waals surface area (Å²) in [6, 6.07) is 6.14. The average molecular weight is 276 g/mol. The number of anilines is 1. The van der Waals surface area contributed by atoms with Gasteiger partial charge in [-0.2, -0.15) is 5.10 Å². The van der Waals surface area contributed by atoms with Crippen LogP contribution < -0.4 is 10.6 Å². The minimum absolute atomic E-state index is 0.0714. The fourth-order valence-electron chi connectivity index (χ4n) is 2.26. The van der Waals surface area contributed by atoms with Gasteiger partial charge in [0.25, 0.3) is 5.91 Å². The molecule has 1 aliphatic heterocycles. The van der Waals surface area contributed by atoms with Crippen LogP contribution >= 0.6 is 11.3 Å². The van der Waals surface area contributed by atoms with Crippen LogP contribution in [0.3, 0.4) is 0 Å². The van der Waals surface area contributed by atoms with E-state index in [9.17, 15) is 4.79 Å². The first-order valence-corrected chi connectivity index (χ1v) is 7.18. The van der Waals surface area contributed by atoms with E-state index in [-0.39, 0.29) is 5.91 Å². The fraction of sp³-hybridized carbons (Fsp3) is 0.385. The SMILES string of the molecule is Cn1nccc1NC(=O)c1ccc([C@H]2CCCN2)s1. The highest BCUT2D eigenvalue weighted by molar-refractivity contribution is 7.14. The average Bonchev–Trinajstić information content (AvgIpc) is 3.09. The zero-order chi connectivity index (χ0) is 13.2. The number of thiophene rings is 1. The van der Waals surface area contributed by atoms with E-state index in [2.05, 4.69) is 15.7 Å². The Balaban J connectivity index is 1.72. The minimum atomic E-state index is -0.0714. The molecule has 0 saturated carbocycles. The quantitative estimate of drug-likeness (QED) is 0.903. The number of nitrogens with zero attached hydrogens (tertiary/aromatic N) is 2. The number of carbonyl (C=O) groups is 1. The molecule has 0 aromatic carbocycles. The second-order valence-corrected chi connectivity index (χ2v) is 5.76. The number of rotatable bonds is 3. The van der Waals surface area contributed by atoms with Gasteiger partial charge in [-0.15, -0.1) is 11.3 Å². The Bertz CT molecular complexity index is 583. The van der Waals surface area contributed by atoms with Crippen molar-refractivity contribution in [3.63, 3.8) is 0 Å². The Morgan fingerprint density at radius 2 is 2.42 bits per heavy atom. The first-order chi connectivity index (χ1) is 9.24. The Labute approximate surface area is 115 Å². The van der Waals surface area contributed by atoms with Crippen molar-refractivity contribution < 1.29 is 4.79 Å². The normalized spacial score (nSPS) is 18.7. The van der Waals surface area contributed by atoms with E-state index in [0.717, 1.165) is 17.8 Å². The Morgan fingerprint density at radius 1 is 1.53 bits per heavy atom. The van der Waals surface area contributed by atoms with Gasteiger partial charge in [-0.25, -0.2) is 0 Å². The van der Waals surface area contributed by atoms with Crippen molar-refractivity contribution in [1.29, 1.82) is 0 Å². The van der Waals surface area contributed by atoms with Gasteiger partial charge in [0.15, 0.2) is 0 Å². The molecule has 6 heteroatoms. The van der Waals surface area contributed by atoms with E-state index < -0.39 is 0 Å². The molecule has 3 rings (SSSR count). The van der Waals surface area contributed by atoms with E-state index >= 15 is 0 Å². The number of hydrogen-bond donors (Lipinski definition) is 2. The summed E-state index contributed by atoms with van der Waals surface area (Å²) in [6.45, 7) is 1.07. The largest absolute Gasteiger partial charge is 0.309 e. The summed E-state index contributed by atoms with van der Waals surface area (Å²) in [5.74, 6) is 0.636. The first-order valence-electron chi connectivity index (χ1n) is 6.36. The highest BCUT2D eigenvalue weighted by Gasteiger charge is 2.19. The molecule has 2 N–H and O–H groups in total. The lowest BCUT2D eigenvalue weighted by Gasteiger charge is -2.06. The van der Waals surface area contributed by atoms with Crippen molar-refractivity contribution in [2.24, 2.45) is 7.05 Å². The summed E-state index contributed by atoms with van der Waals surface area (Å²) < 4.78 is 1.64. The molecule has 19 heavy (non-hydrogen) atoms. The molecule has 3 heterocycles. The third-order valence-electron chi connectivity index (χ3n) is 3.32. The number of amides is 1. The van der Waals surface area contributed by atoms with Crippen LogP contribution in [0.2, 0.25) is 0 Å². The first kappa shape index (κ1) is 12.4. The van der Waals surface area contributed by atoms with Crippen LogP contribution in [0.1, 0.15) is 33.4 Å². The molecule has 2 aromatic heterocycles. The van der Waals surface area contributed by atoms with Crippen molar-refractivity contribution >= 4 is 23.1 Å². The van der Waals surface area contributed by atoms with Crippen LogP contribution in [-0.2, 0) is 7.05 Å². The minimum Gasteiger partial charge on any atom is -0.309 e. The summed E-state index contributed by atoms with van der Waals surface area (Å²) in [5.41, 5.74) is 0. The maximum atomic E-state index is 12.1. The molecule has 2 aromatic rings. The molecular formula is C13H16N4OS. The second kappa shape index (κ2) is 5.14. The molecule has 1 saturated heterocycles. The zero-order valence-electron chi connectivity index (χ0n) is 10.7. The Kier molecular flexibility index (Phi) is 3.35. The predicted molar refractivity (Wildman–Crippen MR) is 75.5 cm³/mol. The van der Waals surface area contributed by atoms with Gasteiger partial charge in [0.05, 0.1) is 11.1 Å². The number of aromatic nitrogens is 2. The Morgan fingerprint density at radius 3 is 3.11 bits per heavy atom. The van der Waals surface area contributed by atoms with Crippen molar-refractivity contribution in [3.05, 3.63) is 34.2 Å². The second-order valence-electron chi connectivity index (χ2n) is 4.65. The smallest absolute Gasteiger partial charge is 0.266 e. The van der Waals surface area contributed by atoms with Gasteiger partial charge in [-0.05, 0) is 31.5 Å². The summed E-state index contributed by atoms with van der Waals surface area (Å²) in [7, 11) is 1.80. The molecular weight excluding hydrogens is 260 g/mol. The molecule has 1 amide bonds. The van der Waals surface area contributed by atoms with Crippen LogP contribution in [-0.4, -0.2) is 22.2 Å². The predicted octanol–water partition coefficient (Wildman–Crippen LogP) is 2.16. The molecule has 0 radical (unpaired) electrons. The molecule has 5 nitrogen and oxygen atoms in total. The van der Waals surface area contributed by atoms with E-state index in [4.69, 9.17) is 0 Å². The van der Waals surface area contributed by atoms with E-state index in [1.54, 1.807) is 35.3 Å².